The van der Waals surface area contributed by atoms with Gasteiger partial charge in [0.05, 0.1) is 0 Å². The van der Waals surface area contributed by atoms with Gasteiger partial charge in [0.1, 0.15) is 18.5 Å². The molecule has 1 aromatic carbocycles. The van der Waals surface area contributed by atoms with Crippen LogP contribution in [-0.4, -0.2) is 47.0 Å². The lowest BCUT2D eigenvalue weighted by atomic mass is 10.0. The van der Waals surface area contributed by atoms with Crippen LogP contribution in [0.1, 0.15) is 38.1 Å². The summed E-state index contributed by atoms with van der Waals surface area (Å²) >= 11 is 0. The number of rotatable bonds is 5. The Bertz CT molecular complexity index is 537. The van der Waals surface area contributed by atoms with Gasteiger partial charge in [0, 0.05) is 36.5 Å². The monoisotopic (exact) mass is 306 g/mol. The zero-order valence-electron chi connectivity index (χ0n) is 13.7. The van der Waals surface area contributed by atoms with Crippen molar-refractivity contribution in [1.29, 1.82) is 0 Å². The number of ether oxygens (including phenoxy) is 1. The van der Waals surface area contributed by atoms with Crippen molar-refractivity contribution in [1.82, 2.24) is 10.2 Å². The lowest BCUT2D eigenvalue weighted by molar-refractivity contribution is 0.0443. The van der Waals surface area contributed by atoms with Crippen molar-refractivity contribution in [2.45, 2.75) is 38.6 Å². The maximum atomic E-state index is 10.2. The molecular weight excluding hydrogens is 280 g/mol. The van der Waals surface area contributed by atoms with E-state index in [1.54, 1.807) is 18.1 Å². The molecule has 122 valence electrons. The van der Waals surface area contributed by atoms with Gasteiger partial charge in [-0.3, -0.25) is 0 Å². The Morgan fingerprint density at radius 1 is 1.32 bits per heavy atom. The smallest absolute Gasteiger partial charge is 0.153 e. The first kappa shape index (κ1) is 16.8. The van der Waals surface area contributed by atoms with E-state index >= 15 is 0 Å². The number of fused-ring (bicyclic) bond motifs is 1. The molecule has 5 heteroatoms. The predicted molar refractivity (Wildman–Crippen MR) is 86.9 cm³/mol. The molecule has 0 fully saturated rings. The van der Waals surface area contributed by atoms with E-state index in [-0.39, 0.29) is 12.1 Å². The molecule has 0 spiro atoms. The first-order valence-electron chi connectivity index (χ1n) is 7.55. The highest BCUT2D eigenvalue weighted by Gasteiger charge is 2.24. The van der Waals surface area contributed by atoms with Crippen molar-refractivity contribution in [2.24, 2.45) is 0 Å². The summed E-state index contributed by atoms with van der Waals surface area (Å²) < 4.78 is 5.77. The number of nitrogens with zero attached hydrogens (tertiary/aromatic N) is 1. The maximum Gasteiger partial charge on any atom is 0.153 e. The molecule has 0 saturated heterocycles. The number of aliphatic hydroxyl groups is 2. The van der Waals surface area contributed by atoms with Gasteiger partial charge >= 0.3 is 0 Å². The molecule has 5 nitrogen and oxygen atoms in total. The highest BCUT2D eigenvalue weighted by atomic mass is 16.5. The minimum atomic E-state index is -0.670. The van der Waals surface area contributed by atoms with E-state index in [0.29, 0.717) is 12.3 Å². The standard InChI is InChI=1S/C17H26N2O3/c1-17(2,3)18-9-12(20)11-22-15-10-19(4)16(21)14-8-6-5-7-13(14)15/h5-8,10,12,16,18,20-21H,9,11H2,1-4H3. The molecular formula is C17H26N2O3. The summed E-state index contributed by atoms with van der Waals surface area (Å²) in [6.07, 6.45) is 0.497. The van der Waals surface area contributed by atoms with Crippen LogP contribution in [0.25, 0.3) is 5.76 Å². The zero-order chi connectivity index (χ0) is 16.3. The van der Waals surface area contributed by atoms with Crippen LogP contribution in [0.2, 0.25) is 0 Å². The average molecular weight is 306 g/mol. The van der Waals surface area contributed by atoms with E-state index in [2.05, 4.69) is 26.1 Å². The van der Waals surface area contributed by atoms with Crippen molar-refractivity contribution in [3.8, 4) is 0 Å². The Morgan fingerprint density at radius 3 is 2.68 bits per heavy atom. The molecule has 1 aromatic rings. The third kappa shape index (κ3) is 4.22. The van der Waals surface area contributed by atoms with Crippen LogP contribution in [0.5, 0.6) is 0 Å². The fraction of sp³-hybridized carbons (Fsp3) is 0.529. The Morgan fingerprint density at radius 2 is 2.00 bits per heavy atom. The first-order valence-corrected chi connectivity index (χ1v) is 7.55. The topological polar surface area (TPSA) is 65.0 Å². The molecule has 0 radical (unpaired) electrons. The van der Waals surface area contributed by atoms with Crippen LogP contribution >= 0.6 is 0 Å². The van der Waals surface area contributed by atoms with E-state index in [0.717, 1.165) is 11.1 Å². The van der Waals surface area contributed by atoms with Gasteiger partial charge in [-0.1, -0.05) is 24.3 Å². The van der Waals surface area contributed by atoms with E-state index in [1.807, 2.05) is 24.3 Å². The van der Waals surface area contributed by atoms with Crippen LogP contribution in [0.3, 0.4) is 0 Å². The van der Waals surface area contributed by atoms with Gasteiger partial charge < -0.3 is 25.2 Å². The van der Waals surface area contributed by atoms with Gasteiger partial charge in [0.15, 0.2) is 6.23 Å². The molecule has 0 saturated carbocycles. The van der Waals surface area contributed by atoms with Gasteiger partial charge in [0.2, 0.25) is 0 Å². The molecule has 22 heavy (non-hydrogen) atoms. The van der Waals surface area contributed by atoms with Crippen LogP contribution in [-0.2, 0) is 4.74 Å². The Kier molecular flexibility index (Phi) is 5.11. The Balaban J connectivity index is 1.99. The summed E-state index contributed by atoms with van der Waals surface area (Å²) in [7, 11) is 1.79. The third-order valence-corrected chi connectivity index (χ3v) is 3.51. The molecule has 2 rings (SSSR count). The number of hydrogen-bond acceptors (Lipinski definition) is 5. The minimum absolute atomic E-state index is 0.0397. The second kappa shape index (κ2) is 6.69. The molecule has 2 atom stereocenters. The Labute approximate surface area is 132 Å². The van der Waals surface area contributed by atoms with Gasteiger partial charge in [-0.05, 0) is 20.8 Å². The molecule has 0 bridgehead atoms. The molecule has 1 aliphatic rings. The lowest BCUT2D eigenvalue weighted by Crippen LogP contribution is -2.42. The summed E-state index contributed by atoms with van der Waals surface area (Å²) in [5.41, 5.74) is 1.64. The number of nitrogens with one attached hydrogen (secondary N) is 1. The largest absolute Gasteiger partial charge is 0.489 e. The number of benzene rings is 1. The number of aliphatic hydroxyl groups excluding tert-OH is 2. The van der Waals surface area contributed by atoms with Crippen molar-refractivity contribution >= 4 is 5.76 Å². The van der Waals surface area contributed by atoms with Crippen molar-refractivity contribution in [3.63, 3.8) is 0 Å². The Hall–Kier alpha value is -1.56. The zero-order valence-corrected chi connectivity index (χ0v) is 13.7. The SMILES string of the molecule is CN1C=C(OCC(O)CNC(C)(C)C)c2ccccc2C1O. The normalized spacial score (nSPS) is 19.5. The highest BCUT2D eigenvalue weighted by Crippen LogP contribution is 2.32. The fourth-order valence-corrected chi connectivity index (χ4v) is 2.27. The summed E-state index contributed by atoms with van der Waals surface area (Å²) in [6.45, 7) is 6.83. The number of β-amino-alcohol motifs (C(OH)–C–C–N with tert-alkyl or cyclic N) is 1. The van der Waals surface area contributed by atoms with Gasteiger partial charge in [-0.15, -0.1) is 0 Å². The van der Waals surface area contributed by atoms with Crippen molar-refractivity contribution < 1.29 is 14.9 Å². The quantitative estimate of drug-likeness (QED) is 0.772. The van der Waals surface area contributed by atoms with E-state index in [1.165, 1.54) is 0 Å². The molecule has 2 unspecified atom stereocenters. The second-order valence-corrected chi connectivity index (χ2v) is 6.72. The van der Waals surface area contributed by atoms with E-state index in [4.69, 9.17) is 4.74 Å². The number of hydrogen-bond donors (Lipinski definition) is 3. The summed E-state index contributed by atoms with van der Waals surface area (Å²) in [6, 6.07) is 7.59. The second-order valence-electron chi connectivity index (χ2n) is 6.72. The molecule has 0 aromatic heterocycles. The van der Waals surface area contributed by atoms with Crippen molar-refractivity contribution in [2.75, 3.05) is 20.2 Å². The summed E-state index contributed by atoms with van der Waals surface area (Å²) in [4.78, 5) is 1.69. The first-order chi connectivity index (χ1) is 10.3. The molecule has 3 N–H and O–H groups in total. The van der Waals surface area contributed by atoms with Crippen LogP contribution in [0.4, 0.5) is 0 Å². The van der Waals surface area contributed by atoms with Crippen molar-refractivity contribution in [3.05, 3.63) is 41.6 Å². The van der Waals surface area contributed by atoms with Crippen LogP contribution in [0.15, 0.2) is 30.5 Å². The predicted octanol–water partition coefficient (Wildman–Crippen LogP) is 1.69. The summed E-state index contributed by atoms with van der Waals surface area (Å²) in [5, 5.41) is 23.4. The highest BCUT2D eigenvalue weighted by molar-refractivity contribution is 5.65. The van der Waals surface area contributed by atoms with Gasteiger partial charge in [-0.25, -0.2) is 0 Å². The van der Waals surface area contributed by atoms with E-state index < -0.39 is 12.3 Å². The fourth-order valence-electron chi connectivity index (χ4n) is 2.27. The maximum absolute atomic E-state index is 10.2. The van der Waals surface area contributed by atoms with E-state index in [9.17, 15) is 10.2 Å². The average Bonchev–Trinajstić information content (AvgIpc) is 2.47. The molecule has 0 amide bonds. The van der Waals surface area contributed by atoms with Crippen LogP contribution in [0, 0.1) is 0 Å². The molecule has 0 aliphatic carbocycles. The van der Waals surface area contributed by atoms with Gasteiger partial charge in [-0.2, -0.15) is 0 Å². The molecule has 1 aliphatic heterocycles. The minimum Gasteiger partial charge on any atom is -0.489 e. The lowest BCUT2D eigenvalue weighted by Gasteiger charge is -2.31. The molecule has 1 heterocycles. The third-order valence-electron chi connectivity index (χ3n) is 3.51. The summed E-state index contributed by atoms with van der Waals surface area (Å²) in [5.74, 6) is 0.665. The van der Waals surface area contributed by atoms with Gasteiger partial charge in [0.25, 0.3) is 0 Å². The van der Waals surface area contributed by atoms with Crippen LogP contribution < -0.4 is 5.32 Å².